The lowest BCUT2D eigenvalue weighted by molar-refractivity contribution is -0.116. The molecule has 2 N–H and O–H groups in total. The molecule has 10 heteroatoms. The van der Waals surface area contributed by atoms with E-state index in [1.807, 2.05) is 41.8 Å². The van der Waals surface area contributed by atoms with E-state index in [0.717, 1.165) is 16.8 Å². The van der Waals surface area contributed by atoms with Gasteiger partial charge in [0.2, 0.25) is 11.8 Å². The van der Waals surface area contributed by atoms with Crippen molar-refractivity contribution in [1.82, 2.24) is 20.1 Å². The molecule has 0 radical (unpaired) electrons. The number of aromatic nitrogens is 3. The number of amides is 2. The molecule has 2 aromatic carbocycles. The molecule has 3 aromatic rings. The molecule has 0 aliphatic rings. The van der Waals surface area contributed by atoms with Crippen LogP contribution in [0.5, 0.6) is 11.5 Å². The van der Waals surface area contributed by atoms with Gasteiger partial charge in [-0.25, -0.2) is 0 Å². The zero-order chi connectivity index (χ0) is 25.9. The third kappa shape index (κ3) is 7.22. The number of nitrogens with one attached hydrogen (secondary N) is 2. The molecule has 1 aromatic heterocycles. The van der Waals surface area contributed by atoms with Crippen LogP contribution in [0.3, 0.4) is 0 Å². The fourth-order valence-corrected chi connectivity index (χ4v) is 4.02. The summed E-state index contributed by atoms with van der Waals surface area (Å²) >= 11 is 1.27. The highest BCUT2D eigenvalue weighted by atomic mass is 32.2. The number of hydrogen-bond donors (Lipinski definition) is 2. The lowest BCUT2D eigenvalue weighted by atomic mass is 10.2. The number of para-hydroxylation sites is 1. The van der Waals surface area contributed by atoms with E-state index < -0.39 is 0 Å². The van der Waals surface area contributed by atoms with Crippen molar-refractivity contribution in [3.63, 3.8) is 0 Å². The Morgan fingerprint density at radius 2 is 1.89 bits per heavy atom. The average Bonchev–Trinajstić information content (AvgIpc) is 3.27. The van der Waals surface area contributed by atoms with E-state index in [0.29, 0.717) is 29.0 Å². The molecule has 0 atom stereocenters. The summed E-state index contributed by atoms with van der Waals surface area (Å²) in [5.41, 5.74) is 2.56. The lowest BCUT2D eigenvalue weighted by Gasteiger charge is -2.09. The van der Waals surface area contributed by atoms with Gasteiger partial charge < -0.3 is 24.7 Å². The van der Waals surface area contributed by atoms with Crippen LogP contribution in [-0.4, -0.2) is 46.6 Å². The van der Waals surface area contributed by atoms with Crippen LogP contribution in [0.4, 0.5) is 5.69 Å². The van der Waals surface area contributed by atoms with Crippen molar-refractivity contribution in [2.45, 2.75) is 25.2 Å². The Labute approximate surface area is 214 Å². The van der Waals surface area contributed by atoms with E-state index in [9.17, 15) is 9.59 Å². The Hall–Kier alpha value is -4.05. The van der Waals surface area contributed by atoms with Gasteiger partial charge in [0, 0.05) is 18.3 Å². The van der Waals surface area contributed by atoms with Crippen molar-refractivity contribution in [3.05, 3.63) is 78.1 Å². The van der Waals surface area contributed by atoms with E-state index in [2.05, 4.69) is 27.4 Å². The SMILES string of the molecule is C=CCn1c(CNC(=O)/C=C/c2ccc(OC)c(OC)c2)nnc1SCC(=O)Nc1ccccc1C. The molecule has 188 valence electrons. The molecule has 2 amide bonds. The van der Waals surface area contributed by atoms with E-state index in [1.165, 1.54) is 17.8 Å². The largest absolute Gasteiger partial charge is 0.493 e. The highest BCUT2D eigenvalue weighted by molar-refractivity contribution is 7.99. The number of rotatable bonds is 12. The monoisotopic (exact) mass is 507 g/mol. The highest BCUT2D eigenvalue weighted by Crippen LogP contribution is 2.28. The zero-order valence-electron chi connectivity index (χ0n) is 20.5. The Kier molecular flexibility index (Phi) is 9.70. The van der Waals surface area contributed by atoms with E-state index in [4.69, 9.17) is 9.47 Å². The Morgan fingerprint density at radius 1 is 1.11 bits per heavy atom. The predicted molar refractivity (Wildman–Crippen MR) is 141 cm³/mol. The fourth-order valence-electron chi connectivity index (χ4n) is 3.25. The Bertz CT molecular complexity index is 1250. The first-order valence-electron chi connectivity index (χ1n) is 11.1. The second kappa shape index (κ2) is 13.1. The van der Waals surface area contributed by atoms with Crippen LogP contribution in [0.25, 0.3) is 6.08 Å². The van der Waals surface area contributed by atoms with Crippen molar-refractivity contribution in [2.24, 2.45) is 0 Å². The van der Waals surface area contributed by atoms with Gasteiger partial charge in [-0.05, 0) is 42.3 Å². The summed E-state index contributed by atoms with van der Waals surface area (Å²) in [6.45, 7) is 6.34. The number of thioether (sulfide) groups is 1. The van der Waals surface area contributed by atoms with Crippen LogP contribution in [0.15, 0.2) is 66.4 Å². The van der Waals surface area contributed by atoms with Crippen LogP contribution < -0.4 is 20.1 Å². The summed E-state index contributed by atoms with van der Waals surface area (Å²) in [4.78, 5) is 24.8. The second-order valence-corrected chi connectivity index (χ2v) is 8.56. The third-order valence-corrected chi connectivity index (χ3v) is 6.08. The van der Waals surface area contributed by atoms with Crippen molar-refractivity contribution >= 4 is 35.3 Å². The van der Waals surface area contributed by atoms with Crippen molar-refractivity contribution in [2.75, 3.05) is 25.3 Å². The Morgan fingerprint density at radius 3 is 2.61 bits per heavy atom. The number of hydrogen-bond acceptors (Lipinski definition) is 7. The van der Waals surface area contributed by atoms with Gasteiger partial charge in [0.1, 0.15) is 0 Å². The number of methoxy groups -OCH3 is 2. The zero-order valence-corrected chi connectivity index (χ0v) is 21.3. The van der Waals surface area contributed by atoms with Gasteiger partial charge in [-0.3, -0.25) is 9.59 Å². The quantitative estimate of drug-likeness (QED) is 0.218. The third-order valence-electron chi connectivity index (χ3n) is 5.11. The highest BCUT2D eigenvalue weighted by Gasteiger charge is 2.14. The molecular formula is C26H29N5O4S. The van der Waals surface area contributed by atoms with E-state index in [1.54, 1.807) is 38.5 Å². The molecule has 0 bridgehead atoms. The molecule has 0 saturated carbocycles. The molecule has 1 heterocycles. The number of anilines is 1. The summed E-state index contributed by atoms with van der Waals surface area (Å²) < 4.78 is 12.3. The number of benzene rings is 2. The first-order valence-corrected chi connectivity index (χ1v) is 12.1. The van der Waals surface area contributed by atoms with Crippen LogP contribution in [-0.2, 0) is 22.7 Å². The summed E-state index contributed by atoms with van der Waals surface area (Å²) in [6, 6.07) is 13.0. The van der Waals surface area contributed by atoms with Gasteiger partial charge >= 0.3 is 0 Å². The number of allylic oxidation sites excluding steroid dienone is 1. The van der Waals surface area contributed by atoms with Gasteiger partial charge in [-0.15, -0.1) is 16.8 Å². The summed E-state index contributed by atoms with van der Waals surface area (Å²) in [6.07, 6.45) is 4.82. The molecule has 0 saturated heterocycles. The minimum atomic E-state index is -0.287. The summed E-state index contributed by atoms with van der Waals surface area (Å²) in [5, 5.41) is 14.7. The van der Waals surface area contributed by atoms with Crippen LogP contribution in [0.1, 0.15) is 17.0 Å². The van der Waals surface area contributed by atoms with E-state index >= 15 is 0 Å². The maximum atomic E-state index is 12.4. The molecule has 0 spiro atoms. The number of carbonyl (C=O) groups excluding carboxylic acids is 2. The van der Waals surface area contributed by atoms with Crippen molar-refractivity contribution in [3.8, 4) is 11.5 Å². The smallest absolute Gasteiger partial charge is 0.244 e. The molecule has 0 unspecified atom stereocenters. The number of aryl methyl sites for hydroxylation is 1. The molecule has 9 nitrogen and oxygen atoms in total. The maximum absolute atomic E-state index is 12.4. The molecule has 0 aliphatic heterocycles. The summed E-state index contributed by atoms with van der Waals surface area (Å²) in [7, 11) is 3.12. The minimum Gasteiger partial charge on any atom is -0.493 e. The molecule has 3 rings (SSSR count). The number of ether oxygens (including phenoxy) is 2. The number of nitrogens with zero attached hydrogens (tertiary/aromatic N) is 3. The van der Waals surface area contributed by atoms with Gasteiger partial charge in [0.05, 0.1) is 26.5 Å². The van der Waals surface area contributed by atoms with Gasteiger partial charge in [0.15, 0.2) is 22.5 Å². The standard InChI is InChI=1S/C26H29N5O4S/c1-5-14-31-23(16-27-24(32)13-11-19-10-12-21(34-3)22(15-19)35-4)29-30-26(31)36-17-25(33)28-20-9-7-6-8-18(20)2/h5-13,15H,1,14,16-17H2,2-4H3,(H,27,32)(H,28,33)/b13-11+. The fraction of sp³-hybridized carbons (Fsp3) is 0.231. The first kappa shape index (κ1) is 26.6. The summed E-state index contributed by atoms with van der Waals surface area (Å²) in [5.74, 6) is 1.49. The van der Waals surface area contributed by atoms with Gasteiger partial charge in [-0.1, -0.05) is 42.1 Å². The predicted octanol–water partition coefficient (Wildman–Crippen LogP) is 3.85. The lowest BCUT2D eigenvalue weighted by Crippen LogP contribution is -2.23. The van der Waals surface area contributed by atoms with E-state index in [-0.39, 0.29) is 24.1 Å². The van der Waals surface area contributed by atoms with Crippen LogP contribution in [0, 0.1) is 6.92 Å². The molecule has 0 aliphatic carbocycles. The second-order valence-electron chi connectivity index (χ2n) is 7.62. The van der Waals surface area contributed by atoms with Gasteiger partial charge in [-0.2, -0.15) is 0 Å². The molecule has 36 heavy (non-hydrogen) atoms. The minimum absolute atomic E-state index is 0.141. The van der Waals surface area contributed by atoms with Crippen LogP contribution in [0.2, 0.25) is 0 Å². The van der Waals surface area contributed by atoms with Crippen molar-refractivity contribution in [1.29, 1.82) is 0 Å². The topological polar surface area (TPSA) is 107 Å². The normalized spacial score (nSPS) is 10.8. The average molecular weight is 508 g/mol. The Balaban J connectivity index is 1.58. The molecule has 0 fully saturated rings. The first-order chi connectivity index (χ1) is 17.4. The molecular weight excluding hydrogens is 478 g/mol. The van der Waals surface area contributed by atoms with Crippen LogP contribution >= 0.6 is 11.8 Å². The number of carbonyl (C=O) groups is 2. The maximum Gasteiger partial charge on any atom is 0.244 e. The van der Waals surface area contributed by atoms with Gasteiger partial charge in [0.25, 0.3) is 0 Å². The van der Waals surface area contributed by atoms with Crippen molar-refractivity contribution < 1.29 is 19.1 Å².